The van der Waals surface area contributed by atoms with Gasteiger partial charge in [0.1, 0.15) is 0 Å². The van der Waals surface area contributed by atoms with Gasteiger partial charge in [-0.3, -0.25) is 14.4 Å². The summed E-state index contributed by atoms with van der Waals surface area (Å²) in [5.74, 6) is 0.886. The summed E-state index contributed by atoms with van der Waals surface area (Å²) in [7, 11) is 0. The highest BCUT2D eigenvalue weighted by Gasteiger charge is 2.43. The van der Waals surface area contributed by atoms with Gasteiger partial charge in [0.15, 0.2) is 0 Å². The SMILES string of the molecule is CC(C)NC(=O)[C@@H]1CN2CC[C@@H]1C[C@@H]2Cn1cc(C(C)(C)C)nn1. The van der Waals surface area contributed by atoms with E-state index in [0.29, 0.717) is 12.0 Å². The number of fused-ring (bicyclic) bond motifs is 3. The Bertz CT molecular complexity index is 588. The number of nitrogens with one attached hydrogen (secondary N) is 1. The molecule has 3 fully saturated rings. The van der Waals surface area contributed by atoms with E-state index >= 15 is 0 Å². The van der Waals surface area contributed by atoms with Crippen LogP contribution in [-0.4, -0.2) is 51.0 Å². The first-order valence-corrected chi connectivity index (χ1v) is 9.19. The number of amides is 1. The van der Waals surface area contributed by atoms with E-state index in [2.05, 4.69) is 47.5 Å². The number of rotatable bonds is 4. The number of hydrogen-bond donors (Lipinski definition) is 1. The highest BCUT2D eigenvalue weighted by molar-refractivity contribution is 5.79. The lowest BCUT2D eigenvalue weighted by atomic mass is 9.75. The van der Waals surface area contributed by atoms with Gasteiger partial charge in [0, 0.05) is 30.2 Å². The van der Waals surface area contributed by atoms with E-state index in [1.54, 1.807) is 0 Å². The molecule has 4 rings (SSSR count). The number of nitrogens with zero attached hydrogens (tertiary/aromatic N) is 4. The van der Waals surface area contributed by atoms with Crippen LogP contribution < -0.4 is 5.32 Å². The molecule has 1 unspecified atom stereocenters. The molecule has 24 heavy (non-hydrogen) atoms. The third-order valence-corrected chi connectivity index (χ3v) is 5.35. The lowest BCUT2D eigenvalue weighted by Gasteiger charge is -2.49. The highest BCUT2D eigenvalue weighted by Crippen LogP contribution is 2.37. The minimum absolute atomic E-state index is 0.0319. The molecule has 2 bridgehead atoms. The summed E-state index contributed by atoms with van der Waals surface area (Å²) in [5, 5.41) is 11.7. The van der Waals surface area contributed by atoms with Gasteiger partial charge in [0.2, 0.25) is 5.91 Å². The molecule has 3 aliphatic rings. The Kier molecular flexibility index (Phi) is 4.69. The highest BCUT2D eigenvalue weighted by atomic mass is 16.2. The van der Waals surface area contributed by atoms with Crippen molar-refractivity contribution >= 4 is 5.91 Å². The van der Waals surface area contributed by atoms with Crippen molar-refractivity contribution in [2.24, 2.45) is 11.8 Å². The lowest BCUT2D eigenvalue weighted by Crippen LogP contribution is -2.58. The van der Waals surface area contributed by atoms with E-state index in [-0.39, 0.29) is 23.3 Å². The maximum atomic E-state index is 12.4. The zero-order valence-corrected chi connectivity index (χ0v) is 15.6. The van der Waals surface area contributed by atoms with Gasteiger partial charge in [-0.1, -0.05) is 26.0 Å². The molecule has 1 aromatic heterocycles. The molecule has 1 N–H and O–H groups in total. The number of aromatic nitrogens is 3. The van der Waals surface area contributed by atoms with Crippen LogP contribution in [0.3, 0.4) is 0 Å². The summed E-state index contributed by atoms with van der Waals surface area (Å²) >= 11 is 0. The fraction of sp³-hybridized carbons (Fsp3) is 0.833. The molecule has 3 aliphatic heterocycles. The van der Waals surface area contributed by atoms with Crippen molar-refractivity contribution in [2.75, 3.05) is 13.1 Å². The van der Waals surface area contributed by atoms with Crippen molar-refractivity contribution in [3.8, 4) is 0 Å². The van der Waals surface area contributed by atoms with Crippen LogP contribution in [0.2, 0.25) is 0 Å². The molecule has 3 saturated heterocycles. The second-order valence-electron chi connectivity index (χ2n) is 8.78. The maximum absolute atomic E-state index is 12.4. The smallest absolute Gasteiger partial charge is 0.224 e. The molecule has 6 heteroatoms. The van der Waals surface area contributed by atoms with Gasteiger partial charge in [0.25, 0.3) is 0 Å². The average molecular weight is 333 g/mol. The Balaban J connectivity index is 1.62. The zero-order valence-electron chi connectivity index (χ0n) is 15.6. The monoisotopic (exact) mass is 333 g/mol. The maximum Gasteiger partial charge on any atom is 0.224 e. The molecule has 134 valence electrons. The summed E-state index contributed by atoms with van der Waals surface area (Å²) in [6.45, 7) is 13.4. The van der Waals surface area contributed by atoms with Crippen LogP contribution in [0.5, 0.6) is 0 Å². The van der Waals surface area contributed by atoms with E-state index in [1.807, 2.05) is 18.5 Å². The molecule has 4 heterocycles. The van der Waals surface area contributed by atoms with Crippen LogP contribution in [0.15, 0.2) is 6.20 Å². The minimum atomic E-state index is 0.0319. The van der Waals surface area contributed by atoms with Gasteiger partial charge >= 0.3 is 0 Å². The van der Waals surface area contributed by atoms with Crippen LogP contribution >= 0.6 is 0 Å². The molecule has 4 atom stereocenters. The fourth-order valence-electron chi connectivity index (χ4n) is 3.96. The largest absolute Gasteiger partial charge is 0.354 e. The predicted molar refractivity (Wildman–Crippen MR) is 93.6 cm³/mol. The van der Waals surface area contributed by atoms with Gasteiger partial charge in [-0.25, -0.2) is 0 Å². The Morgan fingerprint density at radius 1 is 1.42 bits per heavy atom. The summed E-state index contributed by atoms with van der Waals surface area (Å²) in [6, 6.07) is 0.691. The molecule has 0 aromatic carbocycles. The second kappa shape index (κ2) is 6.47. The van der Waals surface area contributed by atoms with Gasteiger partial charge in [-0.2, -0.15) is 0 Å². The van der Waals surface area contributed by atoms with Crippen molar-refractivity contribution < 1.29 is 4.79 Å². The molecule has 0 saturated carbocycles. The Labute approximate surface area is 145 Å². The number of carbonyl (C=O) groups is 1. The van der Waals surface area contributed by atoms with Crippen molar-refractivity contribution in [1.29, 1.82) is 0 Å². The minimum Gasteiger partial charge on any atom is -0.354 e. The van der Waals surface area contributed by atoms with E-state index < -0.39 is 0 Å². The van der Waals surface area contributed by atoms with E-state index in [0.717, 1.165) is 38.2 Å². The molecular formula is C18H31N5O. The normalized spacial score (nSPS) is 29.9. The second-order valence-corrected chi connectivity index (χ2v) is 8.78. The molecular weight excluding hydrogens is 302 g/mol. The van der Waals surface area contributed by atoms with Crippen molar-refractivity contribution in [3.05, 3.63) is 11.9 Å². The van der Waals surface area contributed by atoms with Crippen molar-refractivity contribution in [2.45, 2.75) is 71.5 Å². The predicted octanol–water partition coefficient (Wildman–Crippen LogP) is 1.81. The zero-order chi connectivity index (χ0) is 17.5. The first kappa shape index (κ1) is 17.4. The number of hydrogen-bond acceptors (Lipinski definition) is 4. The Morgan fingerprint density at radius 2 is 2.17 bits per heavy atom. The van der Waals surface area contributed by atoms with Crippen LogP contribution in [0, 0.1) is 11.8 Å². The van der Waals surface area contributed by atoms with Gasteiger partial charge in [-0.05, 0) is 39.2 Å². The summed E-state index contributed by atoms with van der Waals surface area (Å²) in [6.07, 6.45) is 4.30. The molecule has 0 aliphatic carbocycles. The molecule has 6 nitrogen and oxygen atoms in total. The van der Waals surface area contributed by atoms with Gasteiger partial charge in [-0.15, -0.1) is 5.10 Å². The lowest BCUT2D eigenvalue weighted by molar-refractivity contribution is -0.133. The van der Waals surface area contributed by atoms with Crippen molar-refractivity contribution in [3.63, 3.8) is 0 Å². The summed E-state index contributed by atoms with van der Waals surface area (Å²) < 4.78 is 1.98. The van der Waals surface area contributed by atoms with Crippen LogP contribution in [0.25, 0.3) is 0 Å². The fourth-order valence-corrected chi connectivity index (χ4v) is 3.96. The van der Waals surface area contributed by atoms with Crippen LogP contribution in [0.4, 0.5) is 0 Å². The third kappa shape index (κ3) is 3.63. The standard InChI is InChI=1S/C18H31N5O/c1-12(2)19-17(24)15-10-22-7-6-13(15)8-14(22)9-23-11-16(20-21-23)18(3,4)5/h11-15H,6-10H2,1-5H3,(H,19,24)/t13-,14-,15-/m1/s1. The molecule has 1 amide bonds. The number of carbonyl (C=O) groups excluding carboxylic acids is 1. The quantitative estimate of drug-likeness (QED) is 0.913. The third-order valence-electron chi connectivity index (χ3n) is 5.35. The summed E-state index contributed by atoms with van der Waals surface area (Å²) in [5.41, 5.74) is 1.07. The van der Waals surface area contributed by atoms with Crippen molar-refractivity contribution in [1.82, 2.24) is 25.2 Å². The van der Waals surface area contributed by atoms with E-state index in [4.69, 9.17) is 0 Å². The Morgan fingerprint density at radius 3 is 2.71 bits per heavy atom. The average Bonchev–Trinajstić information content (AvgIpc) is 2.96. The molecule has 0 spiro atoms. The van der Waals surface area contributed by atoms with E-state index in [1.165, 1.54) is 0 Å². The van der Waals surface area contributed by atoms with Gasteiger partial charge in [0.05, 0.1) is 18.2 Å². The van der Waals surface area contributed by atoms with Crippen LogP contribution in [0.1, 0.15) is 53.2 Å². The molecule has 1 aromatic rings. The van der Waals surface area contributed by atoms with Crippen LogP contribution in [-0.2, 0) is 16.8 Å². The molecule has 0 radical (unpaired) electrons. The topological polar surface area (TPSA) is 63.1 Å². The first-order chi connectivity index (χ1) is 11.2. The Hall–Kier alpha value is -1.43. The first-order valence-electron chi connectivity index (χ1n) is 9.19. The summed E-state index contributed by atoms with van der Waals surface area (Å²) in [4.78, 5) is 14.9. The number of piperidine rings is 3. The van der Waals surface area contributed by atoms with E-state index in [9.17, 15) is 4.79 Å². The van der Waals surface area contributed by atoms with Gasteiger partial charge < -0.3 is 5.32 Å².